The second-order valence-corrected chi connectivity index (χ2v) is 9.63. The number of hydrogen-bond acceptors (Lipinski definition) is 7. The van der Waals surface area contributed by atoms with Crippen LogP contribution in [0.5, 0.6) is 28.7 Å². The number of amides is 1. The van der Waals surface area contributed by atoms with E-state index in [0.29, 0.717) is 42.6 Å². The fourth-order valence-electron chi connectivity index (χ4n) is 5.79. The van der Waals surface area contributed by atoms with Gasteiger partial charge in [-0.1, -0.05) is 18.9 Å². The van der Waals surface area contributed by atoms with Gasteiger partial charge in [-0.2, -0.15) is 0 Å². The molecule has 2 aromatic rings. The summed E-state index contributed by atoms with van der Waals surface area (Å²) >= 11 is 0. The molecule has 3 atom stereocenters. The van der Waals surface area contributed by atoms with E-state index < -0.39 is 5.60 Å². The zero-order chi connectivity index (χ0) is 26.6. The highest BCUT2D eigenvalue weighted by molar-refractivity contribution is 5.92. The quantitative estimate of drug-likeness (QED) is 0.495. The normalized spacial score (nSPS) is 23.4. The van der Waals surface area contributed by atoms with Gasteiger partial charge in [-0.05, 0) is 67.7 Å². The van der Waals surface area contributed by atoms with Crippen molar-refractivity contribution >= 4 is 12.0 Å². The molecule has 0 radical (unpaired) electrons. The van der Waals surface area contributed by atoms with Gasteiger partial charge in [0.05, 0.1) is 39.6 Å². The molecule has 1 aliphatic heterocycles. The van der Waals surface area contributed by atoms with Crippen LogP contribution < -0.4 is 18.9 Å². The van der Waals surface area contributed by atoms with E-state index in [-0.39, 0.29) is 23.6 Å². The predicted octanol–water partition coefficient (Wildman–Crippen LogP) is 4.72. The Labute approximate surface area is 218 Å². The highest BCUT2D eigenvalue weighted by Crippen LogP contribution is 2.50. The molecule has 8 heteroatoms. The first kappa shape index (κ1) is 26.7. The Kier molecular flexibility index (Phi) is 8.17. The van der Waals surface area contributed by atoms with Crippen LogP contribution in [0.15, 0.2) is 36.4 Å². The SMILES string of the molecule is CCOc1cc([C@@H]2[C@@H]3CCCC[C@]3(O)CCN2C(=O)/C=C/c2cc(OC)c(OC)c(OC)c2)ccc1O. The number of ether oxygens (including phenoxy) is 4. The van der Waals surface area contributed by atoms with Gasteiger partial charge in [0.2, 0.25) is 11.7 Å². The number of methoxy groups -OCH3 is 3. The number of rotatable bonds is 8. The van der Waals surface area contributed by atoms with Crippen molar-refractivity contribution in [1.82, 2.24) is 4.90 Å². The van der Waals surface area contributed by atoms with Crippen LogP contribution >= 0.6 is 0 Å². The van der Waals surface area contributed by atoms with Gasteiger partial charge >= 0.3 is 0 Å². The summed E-state index contributed by atoms with van der Waals surface area (Å²) in [4.78, 5) is 15.5. The van der Waals surface area contributed by atoms with Crippen LogP contribution in [0.1, 0.15) is 56.2 Å². The number of carbonyl (C=O) groups excluding carboxylic acids is 1. The number of hydrogen-bond donors (Lipinski definition) is 2. The predicted molar refractivity (Wildman–Crippen MR) is 140 cm³/mol. The van der Waals surface area contributed by atoms with Crippen molar-refractivity contribution in [1.29, 1.82) is 0 Å². The lowest BCUT2D eigenvalue weighted by Crippen LogP contribution is -2.56. The van der Waals surface area contributed by atoms with E-state index >= 15 is 0 Å². The Morgan fingerprint density at radius 1 is 1.05 bits per heavy atom. The third-order valence-electron chi connectivity index (χ3n) is 7.58. The molecule has 1 amide bonds. The fourth-order valence-corrected chi connectivity index (χ4v) is 5.79. The Morgan fingerprint density at radius 3 is 2.43 bits per heavy atom. The van der Waals surface area contributed by atoms with E-state index in [4.69, 9.17) is 18.9 Å². The Bertz CT molecular complexity index is 1120. The summed E-state index contributed by atoms with van der Waals surface area (Å²) in [7, 11) is 4.64. The molecule has 2 fully saturated rings. The van der Waals surface area contributed by atoms with Crippen LogP contribution in [-0.4, -0.2) is 61.1 Å². The Hall–Kier alpha value is -3.39. The third kappa shape index (κ3) is 5.34. The number of phenols is 1. The van der Waals surface area contributed by atoms with Crippen molar-refractivity contribution in [2.45, 2.75) is 50.7 Å². The molecule has 8 nitrogen and oxygen atoms in total. The smallest absolute Gasteiger partial charge is 0.247 e. The molecule has 1 saturated carbocycles. The van der Waals surface area contributed by atoms with E-state index in [1.54, 1.807) is 57.7 Å². The van der Waals surface area contributed by atoms with Crippen LogP contribution in [-0.2, 0) is 4.79 Å². The van der Waals surface area contributed by atoms with Crippen molar-refractivity contribution in [3.05, 3.63) is 47.5 Å². The Balaban J connectivity index is 1.68. The first-order valence-electron chi connectivity index (χ1n) is 12.8. The lowest BCUT2D eigenvalue weighted by Gasteiger charge is -2.52. The van der Waals surface area contributed by atoms with E-state index in [1.807, 2.05) is 17.9 Å². The van der Waals surface area contributed by atoms with Crippen molar-refractivity contribution in [3.8, 4) is 28.7 Å². The van der Waals surface area contributed by atoms with Crippen molar-refractivity contribution in [3.63, 3.8) is 0 Å². The second-order valence-electron chi connectivity index (χ2n) is 9.63. The molecule has 0 unspecified atom stereocenters. The van der Waals surface area contributed by atoms with Crippen molar-refractivity contribution in [2.24, 2.45) is 5.92 Å². The van der Waals surface area contributed by atoms with Crippen LogP contribution in [0, 0.1) is 5.92 Å². The third-order valence-corrected chi connectivity index (χ3v) is 7.58. The van der Waals surface area contributed by atoms with Gasteiger partial charge in [0, 0.05) is 18.5 Å². The van der Waals surface area contributed by atoms with Gasteiger partial charge in [-0.15, -0.1) is 0 Å². The van der Waals surface area contributed by atoms with E-state index in [0.717, 1.165) is 36.8 Å². The van der Waals surface area contributed by atoms with Gasteiger partial charge in [0.25, 0.3) is 0 Å². The lowest BCUT2D eigenvalue weighted by molar-refractivity contribution is -0.150. The maximum absolute atomic E-state index is 13.6. The minimum absolute atomic E-state index is 0.0560. The average molecular weight is 512 g/mol. The summed E-state index contributed by atoms with van der Waals surface area (Å²) in [5.41, 5.74) is 0.763. The maximum Gasteiger partial charge on any atom is 0.247 e. The molecule has 200 valence electrons. The molecule has 1 aliphatic carbocycles. The molecule has 2 N–H and O–H groups in total. The fraction of sp³-hybridized carbons (Fsp3) is 0.483. The molecule has 2 aliphatic rings. The highest BCUT2D eigenvalue weighted by Gasteiger charge is 2.50. The molecule has 37 heavy (non-hydrogen) atoms. The molecule has 0 bridgehead atoms. The first-order chi connectivity index (χ1) is 17.8. The number of likely N-dealkylation sites (tertiary alicyclic amines) is 1. The summed E-state index contributed by atoms with van der Waals surface area (Å²) in [6, 6.07) is 8.46. The monoisotopic (exact) mass is 511 g/mol. The van der Waals surface area contributed by atoms with Crippen LogP contribution in [0.3, 0.4) is 0 Å². The topological polar surface area (TPSA) is 97.7 Å². The molecule has 4 rings (SSSR count). The highest BCUT2D eigenvalue weighted by atomic mass is 16.5. The number of phenolic OH excluding ortho intramolecular Hbond substituents is 1. The molecule has 1 saturated heterocycles. The van der Waals surface area contributed by atoms with Gasteiger partial charge < -0.3 is 34.1 Å². The molecule has 2 aromatic carbocycles. The zero-order valence-electron chi connectivity index (χ0n) is 22.0. The summed E-state index contributed by atoms with van der Waals surface area (Å²) in [5.74, 6) is 1.67. The van der Waals surface area contributed by atoms with E-state index in [9.17, 15) is 15.0 Å². The number of carbonyl (C=O) groups is 1. The van der Waals surface area contributed by atoms with E-state index in [2.05, 4.69) is 0 Å². The van der Waals surface area contributed by atoms with Gasteiger partial charge in [-0.25, -0.2) is 0 Å². The largest absolute Gasteiger partial charge is 0.504 e. The summed E-state index contributed by atoms with van der Waals surface area (Å²) in [5, 5.41) is 21.8. The number of aliphatic hydroxyl groups is 1. The number of fused-ring (bicyclic) bond motifs is 1. The zero-order valence-corrected chi connectivity index (χ0v) is 22.0. The average Bonchev–Trinajstić information content (AvgIpc) is 2.91. The number of benzene rings is 2. The summed E-state index contributed by atoms with van der Waals surface area (Å²) in [6.45, 7) is 2.70. The van der Waals surface area contributed by atoms with Crippen molar-refractivity contribution in [2.75, 3.05) is 34.5 Å². The number of aromatic hydroxyl groups is 1. The number of piperidine rings is 1. The van der Waals surface area contributed by atoms with E-state index in [1.165, 1.54) is 0 Å². The molecule has 0 aromatic heterocycles. The van der Waals surface area contributed by atoms with Crippen molar-refractivity contribution < 1.29 is 34.0 Å². The first-order valence-corrected chi connectivity index (χ1v) is 12.8. The second kappa shape index (κ2) is 11.3. The summed E-state index contributed by atoms with van der Waals surface area (Å²) in [6.07, 6.45) is 7.35. The lowest BCUT2D eigenvalue weighted by atomic mass is 9.66. The Morgan fingerprint density at radius 2 is 1.78 bits per heavy atom. The molecular weight excluding hydrogens is 474 g/mol. The minimum atomic E-state index is -0.816. The standard InChI is InChI=1S/C29H37NO7/c1-5-37-23-18-20(10-11-22(23)31)27-21-8-6-7-13-29(21,33)14-15-30(27)26(32)12-9-19-16-24(34-2)28(36-4)25(17-19)35-3/h9-12,16-18,21,27,31,33H,5-8,13-15H2,1-4H3/b12-9+/t21-,27+,29-/m0/s1. The van der Waals surface area contributed by atoms with Gasteiger partial charge in [0.15, 0.2) is 23.0 Å². The maximum atomic E-state index is 13.6. The molecule has 0 spiro atoms. The minimum Gasteiger partial charge on any atom is -0.504 e. The van der Waals surface area contributed by atoms with Crippen LogP contribution in [0.2, 0.25) is 0 Å². The molecular formula is C29H37NO7. The van der Waals surface area contributed by atoms with Crippen LogP contribution in [0.4, 0.5) is 0 Å². The molecule has 1 heterocycles. The number of nitrogens with zero attached hydrogens (tertiary/aromatic N) is 1. The van der Waals surface area contributed by atoms with Crippen LogP contribution in [0.25, 0.3) is 6.08 Å². The summed E-state index contributed by atoms with van der Waals surface area (Å²) < 4.78 is 21.9. The van der Waals surface area contributed by atoms with Gasteiger partial charge in [0.1, 0.15) is 0 Å². The van der Waals surface area contributed by atoms with Gasteiger partial charge in [-0.3, -0.25) is 4.79 Å².